The first-order valence-corrected chi connectivity index (χ1v) is 6.85. The number of fused-ring (bicyclic) bond motifs is 1. The minimum atomic E-state index is 0.683. The zero-order valence-corrected chi connectivity index (χ0v) is 10.9. The average molecular weight is 297 g/mol. The molecule has 1 unspecified atom stereocenters. The van der Waals surface area contributed by atoms with Crippen LogP contribution in [0.2, 0.25) is 0 Å². The van der Waals surface area contributed by atoms with Crippen LogP contribution in [0.25, 0.3) is 5.65 Å². The van der Waals surface area contributed by atoms with Crippen LogP contribution < -0.4 is 4.90 Å². The molecule has 6 nitrogen and oxygen atoms in total. The van der Waals surface area contributed by atoms with Crippen molar-refractivity contribution < 1.29 is 0 Å². The fraction of sp³-hybridized carbons (Fsp3) is 0.600. The van der Waals surface area contributed by atoms with E-state index in [1.165, 1.54) is 17.5 Å². The highest BCUT2D eigenvalue weighted by molar-refractivity contribution is 9.09. The van der Waals surface area contributed by atoms with E-state index in [-0.39, 0.29) is 0 Å². The Morgan fingerprint density at radius 2 is 2.35 bits per heavy atom. The number of piperidine rings is 1. The zero-order valence-electron chi connectivity index (χ0n) is 9.33. The van der Waals surface area contributed by atoms with E-state index in [2.05, 4.69) is 41.5 Å². The molecule has 2 aromatic heterocycles. The molecule has 1 atom stereocenters. The summed E-state index contributed by atoms with van der Waals surface area (Å²) in [6.07, 6.45) is 2.50. The molecule has 7 heteroatoms. The van der Waals surface area contributed by atoms with Crippen LogP contribution >= 0.6 is 15.9 Å². The van der Waals surface area contributed by atoms with Gasteiger partial charge in [-0.3, -0.25) is 0 Å². The minimum Gasteiger partial charge on any atom is -0.355 e. The molecule has 17 heavy (non-hydrogen) atoms. The second kappa shape index (κ2) is 4.56. The summed E-state index contributed by atoms with van der Waals surface area (Å²) < 4.78 is 1.48. The molecular weight excluding hydrogens is 284 g/mol. The van der Waals surface area contributed by atoms with Crippen LogP contribution in [0.3, 0.4) is 0 Å². The Labute approximate surface area is 107 Å². The Kier molecular flexibility index (Phi) is 2.92. The second-order valence-electron chi connectivity index (χ2n) is 4.33. The number of aromatic nitrogens is 5. The van der Waals surface area contributed by atoms with Gasteiger partial charge in [-0.25, -0.2) is 0 Å². The maximum Gasteiger partial charge on any atom is 0.200 e. The summed E-state index contributed by atoms with van der Waals surface area (Å²) in [4.78, 5) is 2.30. The van der Waals surface area contributed by atoms with E-state index >= 15 is 0 Å². The van der Waals surface area contributed by atoms with Crippen LogP contribution in [0.1, 0.15) is 12.8 Å². The standard InChI is InChI=1S/C10H13BrN6/c11-6-8-2-1-5-16(7-8)10-4-3-9-12-14-15-17(9)13-10/h3-4,8H,1-2,5-7H2. The van der Waals surface area contributed by atoms with E-state index < -0.39 is 0 Å². The van der Waals surface area contributed by atoms with Crippen LogP contribution in [0.5, 0.6) is 0 Å². The third-order valence-electron chi connectivity index (χ3n) is 3.12. The third kappa shape index (κ3) is 2.11. The molecule has 3 rings (SSSR count). The highest BCUT2D eigenvalue weighted by Crippen LogP contribution is 2.22. The van der Waals surface area contributed by atoms with Crippen molar-refractivity contribution in [2.45, 2.75) is 12.8 Å². The number of anilines is 1. The maximum absolute atomic E-state index is 4.42. The first-order valence-electron chi connectivity index (χ1n) is 5.73. The topological polar surface area (TPSA) is 59.2 Å². The van der Waals surface area contributed by atoms with Crippen LogP contribution in [-0.4, -0.2) is 43.7 Å². The lowest BCUT2D eigenvalue weighted by molar-refractivity contribution is 0.451. The molecule has 1 aliphatic heterocycles. The maximum atomic E-state index is 4.42. The van der Waals surface area contributed by atoms with E-state index in [0.29, 0.717) is 11.6 Å². The highest BCUT2D eigenvalue weighted by atomic mass is 79.9. The Morgan fingerprint density at radius 3 is 3.24 bits per heavy atom. The van der Waals surface area contributed by atoms with Crippen molar-refractivity contribution in [2.75, 3.05) is 23.3 Å². The number of hydrogen-bond acceptors (Lipinski definition) is 5. The number of tetrazole rings is 1. The van der Waals surface area contributed by atoms with Gasteiger partial charge in [0, 0.05) is 18.4 Å². The quantitative estimate of drug-likeness (QED) is 0.778. The summed E-state index contributed by atoms with van der Waals surface area (Å²) >= 11 is 3.56. The SMILES string of the molecule is BrCC1CCCN(c2ccc3nnnn3n2)C1. The molecule has 0 saturated carbocycles. The molecule has 0 radical (unpaired) electrons. The largest absolute Gasteiger partial charge is 0.355 e. The van der Waals surface area contributed by atoms with Crippen molar-refractivity contribution in [3.8, 4) is 0 Å². The van der Waals surface area contributed by atoms with Gasteiger partial charge in [0.1, 0.15) is 0 Å². The number of hydrogen-bond donors (Lipinski definition) is 0. The van der Waals surface area contributed by atoms with Gasteiger partial charge in [0.25, 0.3) is 0 Å². The van der Waals surface area contributed by atoms with E-state index in [4.69, 9.17) is 0 Å². The van der Waals surface area contributed by atoms with Gasteiger partial charge in [0.05, 0.1) is 0 Å². The summed E-state index contributed by atoms with van der Waals surface area (Å²) in [5.41, 5.74) is 0.683. The molecule has 0 bridgehead atoms. The van der Waals surface area contributed by atoms with Crippen LogP contribution in [0.15, 0.2) is 12.1 Å². The minimum absolute atomic E-state index is 0.683. The van der Waals surface area contributed by atoms with E-state index in [1.807, 2.05) is 12.1 Å². The number of halogens is 1. The van der Waals surface area contributed by atoms with Crippen molar-refractivity contribution in [1.82, 2.24) is 25.3 Å². The van der Waals surface area contributed by atoms with Crippen LogP contribution in [0, 0.1) is 5.92 Å². The van der Waals surface area contributed by atoms with Gasteiger partial charge in [-0.05, 0) is 41.3 Å². The molecule has 1 fully saturated rings. The van der Waals surface area contributed by atoms with E-state index in [1.54, 1.807) is 0 Å². The molecule has 1 aliphatic rings. The van der Waals surface area contributed by atoms with Gasteiger partial charge in [0.2, 0.25) is 0 Å². The molecule has 0 spiro atoms. The van der Waals surface area contributed by atoms with Gasteiger partial charge in [-0.15, -0.1) is 14.8 Å². The van der Waals surface area contributed by atoms with Gasteiger partial charge in [-0.2, -0.15) is 0 Å². The Hall–Kier alpha value is -1.24. The fourth-order valence-electron chi connectivity index (χ4n) is 2.21. The van der Waals surface area contributed by atoms with Crippen molar-refractivity contribution >= 4 is 27.4 Å². The normalized spacial score (nSPS) is 21.0. The average Bonchev–Trinajstić information content (AvgIpc) is 2.86. The summed E-state index contributed by atoms with van der Waals surface area (Å²) in [5.74, 6) is 1.66. The Bertz CT molecular complexity index is 512. The summed E-state index contributed by atoms with van der Waals surface area (Å²) in [7, 11) is 0. The summed E-state index contributed by atoms with van der Waals surface area (Å²) in [6.45, 7) is 2.11. The third-order valence-corrected chi connectivity index (χ3v) is 4.03. The van der Waals surface area contributed by atoms with Gasteiger partial charge in [-0.1, -0.05) is 15.9 Å². The summed E-state index contributed by atoms with van der Waals surface area (Å²) in [6, 6.07) is 3.89. The van der Waals surface area contributed by atoms with Crippen LogP contribution in [0.4, 0.5) is 5.82 Å². The van der Waals surface area contributed by atoms with Gasteiger partial charge < -0.3 is 4.90 Å². The zero-order chi connectivity index (χ0) is 11.7. The molecule has 3 heterocycles. The molecule has 0 N–H and O–H groups in total. The molecular formula is C10H13BrN6. The lowest BCUT2D eigenvalue weighted by Crippen LogP contribution is -2.36. The number of rotatable bonds is 2. The van der Waals surface area contributed by atoms with Crippen molar-refractivity contribution in [3.05, 3.63) is 12.1 Å². The summed E-state index contributed by atoms with van der Waals surface area (Å²) in [5, 5.41) is 16.7. The Morgan fingerprint density at radius 1 is 1.41 bits per heavy atom. The lowest BCUT2D eigenvalue weighted by atomic mass is 10.0. The van der Waals surface area contributed by atoms with Gasteiger partial charge in [0.15, 0.2) is 11.5 Å². The number of nitrogens with zero attached hydrogens (tertiary/aromatic N) is 6. The van der Waals surface area contributed by atoms with E-state index in [9.17, 15) is 0 Å². The highest BCUT2D eigenvalue weighted by Gasteiger charge is 2.20. The molecule has 1 saturated heterocycles. The molecule has 0 aliphatic carbocycles. The lowest BCUT2D eigenvalue weighted by Gasteiger charge is -2.32. The smallest absolute Gasteiger partial charge is 0.200 e. The molecule has 0 amide bonds. The number of alkyl halides is 1. The fourth-order valence-corrected chi connectivity index (χ4v) is 2.74. The van der Waals surface area contributed by atoms with Crippen molar-refractivity contribution in [2.24, 2.45) is 5.92 Å². The first-order chi connectivity index (χ1) is 8.36. The first kappa shape index (κ1) is 10.9. The van der Waals surface area contributed by atoms with Crippen molar-refractivity contribution in [3.63, 3.8) is 0 Å². The van der Waals surface area contributed by atoms with Gasteiger partial charge >= 0.3 is 0 Å². The predicted octanol–water partition coefficient (Wildman–Crippen LogP) is 1.13. The second-order valence-corrected chi connectivity index (χ2v) is 4.97. The molecule has 2 aromatic rings. The Balaban J connectivity index is 1.86. The van der Waals surface area contributed by atoms with Crippen LogP contribution in [-0.2, 0) is 0 Å². The van der Waals surface area contributed by atoms with Crippen molar-refractivity contribution in [1.29, 1.82) is 0 Å². The monoisotopic (exact) mass is 296 g/mol. The van der Waals surface area contributed by atoms with E-state index in [0.717, 1.165) is 24.2 Å². The molecule has 0 aromatic carbocycles. The molecule has 90 valence electrons. The predicted molar refractivity (Wildman–Crippen MR) is 67.3 cm³/mol.